The number of benzene rings is 1. The van der Waals surface area contributed by atoms with Crippen molar-refractivity contribution in [2.45, 2.75) is 18.7 Å². The van der Waals surface area contributed by atoms with Crippen molar-refractivity contribution in [3.63, 3.8) is 0 Å². The van der Waals surface area contributed by atoms with Crippen LogP contribution >= 0.6 is 0 Å². The standard InChI is InChI=1S/C17H20N2O4S/c1-13-5-6-14(2)16(12-13)24(21,22)19-10-9-18-17(20)8-7-15-4-3-11-23-15/h3-8,11-12,19H,9-10H2,1-2H3,(H,18,20)/b8-7+. The predicted octanol–water partition coefficient (Wildman–Crippen LogP) is 2.00. The van der Waals surface area contributed by atoms with Gasteiger partial charge < -0.3 is 9.73 Å². The lowest BCUT2D eigenvalue weighted by atomic mass is 10.2. The van der Waals surface area contributed by atoms with Crippen LogP contribution in [0.4, 0.5) is 0 Å². The molecule has 0 saturated carbocycles. The molecule has 0 fully saturated rings. The molecule has 0 atom stereocenters. The number of nitrogens with one attached hydrogen (secondary N) is 2. The van der Waals surface area contributed by atoms with Crippen LogP contribution in [-0.2, 0) is 14.8 Å². The largest absolute Gasteiger partial charge is 0.465 e. The third-order valence-electron chi connectivity index (χ3n) is 3.29. The average Bonchev–Trinajstić information content (AvgIpc) is 3.05. The molecular formula is C17H20N2O4S. The van der Waals surface area contributed by atoms with Crippen molar-refractivity contribution in [2.75, 3.05) is 13.1 Å². The molecule has 0 aliphatic heterocycles. The minimum atomic E-state index is -3.59. The average molecular weight is 348 g/mol. The fourth-order valence-electron chi connectivity index (χ4n) is 2.05. The van der Waals surface area contributed by atoms with Crippen LogP contribution in [0.5, 0.6) is 0 Å². The molecule has 2 rings (SSSR count). The summed E-state index contributed by atoms with van der Waals surface area (Å²) in [6.45, 7) is 3.88. The number of aryl methyl sites for hydroxylation is 2. The van der Waals surface area contributed by atoms with Gasteiger partial charge in [0.2, 0.25) is 15.9 Å². The van der Waals surface area contributed by atoms with Crippen LogP contribution in [0.3, 0.4) is 0 Å². The van der Waals surface area contributed by atoms with E-state index in [9.17, 15) is 13.2 Å². The summed E-state index contributed by atoms with van der Waals surface area (Å²) in [7, 11) is -3.59. The van der Waals surface area contributed by atoms with Gasteiger partial charge >= 0.3 is 0 Å². The molecule has 0 aliphatic rings. The Morgan fingerprint density at radius 2 is 2.00 bits per heavy atom. The summed E-state index contributed by atoms with van der Waals surface area (Å²) in [5, 5.41) is 2.60. The summed E-state index contributed by atoms with van der Waals surface area (Å²) in [6.07, 6.45) is 4.38. The normalized spacial score (nSPS) is 11.8. The van der Waals surface area contributed by atoms with E-state index in [4.69, 9.17) is 4.42 Å². The van der Waals surface area contributed by atoms with Gasteiger partial charge in [-0.25, -0.2) is 13.1 Å². The lowest BCUT2D eigenvalue weighted by Crippen LogP contribution is -2.34. The summed E-state index contributed by atoms with van der Waals surface area (Å²) in [5.74, 6) is 0.248. The molecule has 7 heteroatoms. The van der Waals surface area contributed by atoms with E-state index in [0.29, 0.717) is 11.3 Å². The molecule has 1 heterocycles. The van der Waals surface area contributed by atoms with Gasteiger partial charge in [-0.3, -0.25) is 4.79 Å². The SMILES string of the molecule is Cc1ccc(C)c(S(=O)(=O)NCCNC(=O)/C=C/c2ccco2)c1. The van der Waals surface area contributed by atoms with Crippen LogP contribution in [0.2, 0.25) is 0 Å². The zero-order chi connectivity index (χ0) is 17.6. The molecule has 0 bridgehead atoms. The topological polar surface area (TPSA) is 88.4 Å². The Morgan fingerprint density at radius 3 is 2.71 bits per heavy atom. The number of rotatable bonds is 7. The highest BCUT2D eigenvalue weighted by atomic mass is 32.2. The first kappa shape index (κ1) is 18.0. The highest BCUT2D eigenvalue weighted by Gasteiger charge is 2.16. The van der Waals surface area contributed by atoms with Gasteiger partial charge in [0.15, 0.2) is 0 Å². The first-order valence-corrected chi connectivity index (χ1v) is 8.93. The van der Waals surface area contributed by atoms with E-state index in [2.05, 4.69) is 10.0 Å². The van der Waals surface area contributed by atoms with Crippen molar-refractivity contribution < 1.29 is 17.6 Å². The maximum absolute atomic E-state index is 12.3. The number of amides is 1. The minimum Gasteiger partial charge on any atom is -0.465 e. The Labute approximate surface area is 141 Å². The van der Waals surface area contributed by atoms with Crippen molar-refractivity contribution in [1.82, 2.24) is 10.0 Å². The molecule has 1 amide bonds. The van der Waals surface area contributed by atoms with E-state index in [-0.39, 0.29) is 23.9 Å². The molecule has 2 aromatic rings. The lowest BCUT2D eigenvalue weighted by Gasteiger charge is -2.10. The van der Waals surface area contributed by atoms with Gasteiger partial charge in [-0.05, 0) is 49.2 Å². The first-order valence-electron chi connectivity index (χ1n) is 7.45. The third kappa shape index (κ3) is 5.07. The van der Waals surface area contributed by atoms with Crippen molar-refractivity contribution in [2.24, 2.45) is 0 Å². The second kappa shape index (κ2) is 7.94. The number of furan rings is 1. The molecule has 24 heavy (non-hydrogen) atoms. The van der Waals surface area contributed by atoms with Crippen molar-refractivity contribution in [3.05, 3.63) is 59.6 Å². The van der Waals surface area contributed by atoms with Gasteiger partial charge in [0, 0.05) is 19.2 Å². The van der Waals surface area contributed by atoms with E-state index >= 15 is 0 Å². The lowest BCUT2D eigenvalue weighted by molar-refractivity contribution is -0.116. The van der Waals surface area contributed by atoms with Gasteiger partial charge in [0.05, 0.1) is 11.2 Å². The number of carbonyl (C=O) groups is 1. The zero-order valence-electron chi connectivity index (χ0n) is 13.6. The van der Waals surface area contributed by atoms with Gasteiger partial charge in [-0.1, -0.05) is 12.1 Å². The van der Waals surface area contributed by atoms with Crippen molar-refractivity contribution in [1.29, 1.82) is 0 Å². The Kier molecular flexibility index (Phi) is 5.94. The molecule has 2 N–H and O–H groups in total. The van der Waals surface area contributed by atoms with Gasteiger partial charge in [-0.15, -0.1) is 0 Å². The molecule has 1 aromatic heterocycles. The third-order valence-corrected chi connectivity index (χ3v) is 4.89. The van der Waals surface area contributed by atoms with E-state index in [1.54, 1.807) is 31.2 Å². The summed E-state index contributed by atoms with van der Waals surface area (Å²) in [5.41, 5.74) is 1.55. The number of sulfonamides is 1. The van der Waals surface area contributed by atoms with E-state index in [1.165, 1.54) is 18.4 Å². The van der Waals surface area contributed by atoms with E-state index in [1.807, 2.05) is 13.0 Å². The zero-order valence-corrected chi connectivity index (χ0v) is 14.4. The van der Waals surface area contributed by atoms with Crippen LogP contribution in [-0.4, -0.2) is 27.4 Å². The second-order valence-corrected chi connectivity index (χ2v) is 7.04. The maximum atomic E-state index is 12.3. The van der Waals surface area contributed by atoms with E-state index in [0.717, 1.165) is 5.56 Å². The summed E-state index contributed by atoms with van der Waals surface area (Å²) < 4.78 is 32.1. The van der Waals surface area contributed by atoms with Gasteiger partial charge in [-0.2, -0.15) is 0 Å². The molecule has 0 saturated heterocycles. The van der Waals surface area contributed by atoms with Crippen LogP contribution in [0, 0.1) is 13.8 Å². The van der Waals surface area contributed by atoms with Crippen molar-refractivity contribution >= 4 is 22.0 Å². The number of hydrogen-bond donors (Lipinski definition) is 2. The molecule has 0 aliphatic carbocycles. The number of hydrogen-bond acceptors (Lipinski definition) is 4. The highest BCUT2D eigenvalue weighted by molar-refractivity contribution is 7.89. The Bertz CT molecular complexity index is 824. The van der Waals surface area contributed by atoms with E-state index < -0.39 is 10.0 Å². The van der Waals surface area contributed by atoms with Crippen molar-refractivity contribution in [3.8, 4) is 0 Å². The fourth-order valence-corrected chi connectivity index (χ4v) is 3.41. The van der Waals surface area contributed by atoms with Gasteiger partial charge in [0.25, 0.3) is 0 Å². The van der Waals surface area contributed by atoms with Crippen LogP contribution in [0.1, 0.15) is 16.9 Å². The monoisotopic (exact) mass is 348 g/mol. The predicted molar refractivity (Wildman–Crippen MR) is 91.9 cm³/mol. The summed E-state index contributed by atoms with van der Waals surface area (Å²) >= 11 is 0. The summed E-state index contributed by atoms with van der Waals surface area (Å²) in [6, 6.07) is 8.70. The molecule has 0 unspecified atom stereocenters. The Hall–Kier alpha value is -2.38. The fraction of sp³-hybridized carbons (Fsp3) is 0.235. The number of carbonyl (C=O) groups excluding carboxylic acids is 1. The quantitative estimate of drug-likeness (QED) is 0.592. The second-order valence-electron chi connectivity index (χ2n) is 5.31. The molecule has 0 radical (unpaired) electrons. The highest BCUT2D eigenvalue weighted by Crippen LogP contribution is 2.16. The molecule has 128 valence electrons. The molecule has 6 nitrogen and oxygen atoms in total. The van der Waals surface area contributed by atoms with Crippen LogP contribution < -0.4 is 10.0 Å². The smallest absolute Gasteiger partial charge is 0.244 e. The Morgan fingerprint density at radius 1 is 1.21 bits per heavy atom. The molecular weight excluding hydrogens is 328 g/mol. The van der Waals surface area contributed by atoms with Crippen LogP contribution in [0.15, 0.2) is 52.0 Å². The Balaban J connectivity index is 1.83. The molecule has 1 aromatic carbocycles. The summed E-state index contributed by atoms with van der Waals surface area (Å²) in [4.78, 5) is 11.9. The van der Waals surface area contributed by atoms with Gasteiger partial charge in [0.1, 0.15) is 5.76 Å². The molecule has 0 spiro atoms. The van der Waals surface area contributed by atoms with Crippen LogP contribution in [0.25, 0.3) is 6.08 Å². The first-order chi connectivity index (χ1) is 11.4. The maximum Gasteiger partial charge on any atom is 0.244 e. The minimum absolute atomic E-state index is 0.107.